The van der Waals surface area contributed by atoms with Gasteiger partial charge in [-0.2, -0.15) is 10.4 Å². The van der Waals surface area contributed by atoms with E-state index in [1.165, 1.54) is 0 Å². The maximum Gasteiger partial charge on any atom is 0.358 e. The molecule has 0 N–H and O–H groups in total. The van der Waals surface area contributed by atoms with Crippen LogP contribution in [0.2, 0.25) is 0 Å². The number of esters is 1. The minimum Gasteiger partial charge on any atom is -0.461 e. The van der Waals surface area contributed by atoms with Gasteiger partial charge in [0.25, 0.3) is 0 Å². The number of carbonyl (C=O) groups is 1. The third-order valence-electron chi connectivity index (χ3n) is 2.93. The molecule has 0 spiro atoms. The van der Waals surface area contributed by atoms with Crippen LogP contribution in [0.3, 0.4) is 0 Å². The molecule has 0 aliphatic heterocycles. The topological polar surface area (TPSA) is 67.9 Å². The molecular weight excluding hydrogens is 254 g/mol. The van der Waals surface area contributed by atoms with Crippen molar-refractivity contribution in [3.05, 3.63) is 52.8 Å². The highest BCUT2D eigenvalue weighted by Gasteiger charge is 2.10. The molecule has 0 aliphatic rings. The van der Waals surface area contributed by atoms with Gasteiger partial charge < -0.3 is 4.74 Å². The first-order valence-corrected chi connectivity index (χ1v) is 6.34. The van der Waals surface area contributed by atoms with Crippen LogP contribution < -0.4 is 0 Å². The molecule has 2 rings (SSSR count). The van der Waals surface area contributed by atoms with Gasteiger partial charge in [-0.15, -0.1) is 0 Å². The Kier molecular flexibility index (Phi) is 4.16. The number of aromatic nitrogens is 2. The van der Waals surface area contributed by atoms with E-state index in [0.717, 1.165) is 11.1 Å². The molecule has 0 saturated heterocycles. The Hall–Kier alpha value is -2.61. The van der Waals surface area contributed by atoms with Gasteiger partial charge >= 0.3 is 5.97 Å². The second-order valence-electron chi connectivity index (χ2n) is 4.37. The molecule has 1 heterocycles. The van der Waals surface area contributed by atoms with E-state index in [9.17, 15) is 4.79 Å². The molecule has 5 heteroatoms. The van der Waals surface area contributed by atoms with Crippen LogP contribution in [0.25, 0.3) is 0 Å². The minimum absolute atomic E-state index is 0.304. The average Bonchev–Trinajstić information content (AvgIpc) is 2.90. The molecular formula is C15H15N3O2. The molecule has 1 aromatic carbocycles. The van der Waals surface area contributed by atoms with Gasteiger partial charge in [0.1, 0.15) is 0 Å². The van der Waals surface area contributed by atoms with Crippen molar-refractivity contribution >= 4 is 5.97 Å². The smallest absolute Gasteiger partial charge is 0.358 e. The van der Waals surface area contributed by atoms with Crippen LogP contribution in [0.4, 0.5) is 0 Å². The van der Waals surface area contributed by atoms with Crippen molar-refractivity contribution in [1.29, 1.82) is 5.26 Å². The third kappa shape index (κ3) is 3.04. The lowest BCUT2D eigenvalue weighted by atomic mass is 10.1. The first kappa shape index (κ1) is 13.8. The van der Waals surface area contributed by atoms with E-state index < -0.39 is 5.97 Å². The lowest BCUT2D eigenvalue weighted by molar-refractivity contribution is 0.0518. The van der Waals surface area contributed by atoms with E-state index in [1.54, 1.807) is 29.9 Å². The summed E-state index contributed by atoms with van der Waals surface area (Å²) < 4.78 is 6.58. The van der Waals surface area contributed by atoms with Crippen LogP contribution in [0.15, 0.2) is 30.5 Å². The van der Waals surface area contributed by atoms with Gasteiger partial charge in [0.2, 0.25) is 0 Å². The third-order valence-corrected chi connectivity index (χ3v) is 2.93. The van der Waals surface area contributed by atoms with E-state index in [0.29, 0.717) is 24.4 Å². The van der Waals surface area contributed by atoms with Crippen molar-refractivity contribution in [2.45, 2.75) is 20.4 Å². The fourth-order valence-electron chi connectivity index (χ4n) is 1.88. The highest BCUT2D eigenvalue weighted by atomic mass is 16.5. The molecule has 0 saturated carbocycles. The van der Waals surface area contributed by atoms with Crippen LogP contribution in [0.1, 0.15) is 34.1 Å². The molecule has 0 radical (unpaired) electrons. The molecule has 0 bridgehead atoms. The van der Waals surface area contributed by atoms with Gasteiger partial charge in [0.15, 0.2) is 5.69 Å². The Balaban J connectivity index is 2.15. The largest absolute Gasteiger partial charge is 0.461 e. The Labute approximate surface area is 117 Å². The van der Waals surface area contributed by atoms with Gasteiger partial charge in [-0.25, -0.2) is 4.79 Å². The number of benzene rings is 1. The number of nitrogens with zero attached hydrogens (tertiary/aromatic N) is 3. The van der Waals surface area contributed by atoms with Crippen LogP contribution in [-0.4, -0.2) is 22.4 Å². The number of carbonyl (C=O) groups excluding carboxylic acids is 1. The van der Waals surface area contributed by atoms with Gasteiger partial charge in [-0.1, -0.05) is 6.07 Å². The summed E-state index contributed by atoms with van der Waals surface area (Å²) in [4.78, 5) is 11.5. The zero-order valence-corrected chi connectivity index (χ0v) is 11.5. The Morgan fingerprint density at radius 1 is 1.45 bits per heavy atom. The number of nitriles is 1. The molecule has 20 heavy (non-hydrogen) atoms. The maximum absolute atomic E-state index is 11.5. The van der Waals surface area contributed by atoms with Crippen molar-refractivity contribution in [3.63, 3.8) is 0 Å². The molecule has 0 unspecified atom stereocenters. The fourth-order valence-corrected chi connectivity index (χ4v) is 1.88. The number of rotatable bonds is 4. The lowest BCUT2D eigenvalue weighted by Gasteiger charge is -2.06. The molecule has 0 fully saturated rings. The van der Waals surface area contributed by atoms with Crippen molar-refractivity contribution < 1.29 is 9.53 Å². The SMILES string of the molecule is CCOC(=O)c1ccn(Cc2ccc(C#N)cc2C)n1. The maximum atomic E-state index is 11.5. The quantitative estimate of drug-likeness (QED) is 0.799. The second kappa shape index (κ2) is 6.02. The van der Waals surface area contributed by atoms with Gasteiger partial charge in [-0.3, -0.25) is 4.68 Å². The predicted octanol–water partition coefficient (Wildman–Crippen LogP) is 2.29. The number of aryl methyl sites for hydroxylation is 1. The Morgan fingerprint density at radius 3 is 2.90 bits per heavy atom. The van der Waals surface area contributed by atoms with Crippen molar-refractivity contribution in [2.24, 2.45) is 0 Å². The normalized spacial score (nSPS) is 10.1. The van der Waals surface area contributed by atoms with Crippen LogP contribution in [-0.2, 0) is 11.3 Å². The summed E-state index contributed by atoms with van der Waals surface area (Å²) in [5, 5.41) is 13.0. The van der Waals surface area contributed by atoms with Crippen LogP contribution >= 0.6 is 0 Å². The van der Waals surface area contributed by atoms with E-state index in [2.05, 4.69) is 11.2 Å². The number of hydrogen-bond donors (Lipinski definition) is 0. The predicted molar refractivity (Wildman–Crippen MR) is 73.2 cm³/mol. The lowest BCUT2D eigenvalue weighted by Crippen LogP contribution is -2.08. The molecule has 0 atom stereocenters. The van der Waals surface area contributed by atoms with Crippen LogP contribution in [0.5, 0.6) is 0 Å². The first-order chi connectivity index (χ1) is 9.63. The highest BCUT2D eigenvalue weighted by Crippen LogP contribution is 2.12. The summed E-state index contributed by atoms with van der Waals surface area (Å²) in [7, 11) is 0. The Morgan fingerprint density at radius 2 is 2.25 bits per heavy atom. The van der Waals surface area contributed by atoms with E-state index in [-0.39, 0.29) is 0 Å². The molecule has 0 amide bonds. The number of hydrogen-bond acceptors (Lipinski definition) is 4. The summed E-state index contributed by atoms with van der Waals surface area (Å²) in [5.74, 6) is -0.414. The molecule has 1 aromatic heterocycles. The number of ether oxygens (including phenoxy) is 1. The summed E-state index contributed by atoms with van der Waals surface area (Å²) in [6, 6.07) is 9.26. The average molecular weight is 269 g/mol. The summed E-state index contributed by atoms with van der Waals surface area (Å²) in [6.07, 6.45) is 1.74. The van der Waals surface area contributed by atoms with Gasteiger partial charge in [-0.05, 0) is 43.2 Å². The summed E-state index contributed by atoms with van der Waals surface area (Å²) in [6.45, 7) is 4.60. The van der Waals surface area contributed by atoms with Crippen molar-refractivity contribution in [3.8, 4) is 6.07 Å². The highest BCUT2D eigenvalue weighted by molar-refractivity contribution is 5.86. The van der Waals surface area contributed by atoms with Crippen molar-refractivity contribution in [2.75, 3.05) is 6.61 Å². The Bertz CT molecular complexity index is 668. The summed E-state index contributed by atoms with van der Waals surface area (Å²) >= 11 is 0. The monoisotopic (exact) mass is 269 g/mol. The zero-order chi connectivity index (χ0) is 14.5. The van der Waals surface area contributed by atoms with Crippen molar-refractivity contribution in [1.82, 2.24) is 9.78 Å². The molecule has 102 valence electrons. The van der Waals surface area contributed by atoms with E-state index in [4.69, 9.17) is 10.00 Å². The van der Waals surface area contributed by atoms with E-state index >= 15 is 0 Å². The summed E-state index contributed by atoms with van der Waals surface area (Å²) in [5.41, 5.74) is 3.02. The van der Waals surface area contributed by atoms with Gasteiger partial charge in [0.05, 0.1) is 24.8 Å². The van der Waals surface area contributed by atoms with Crippen LogP contribution in [0, 0.1) is 18.3 Å². The standard InChI is InChI=1S/C15H15N3O2/c1-3-20-15(19)14-6-7-18(17-14)10-13-5-4-12(9-16)8-11(13)2/h4-8H,3,10H2,1-2H3. The fraction of sp³-hybridized carbons (Fsp3) is 0.267. The zero-order valence-electron chi connectivity index (χ0n) is 11.5. The molecule has 2 aromatic rings. The molecule has 5 nitrogen and oxygen atoms in total. The van der Waals surface area contributed by atoms with E-state index in [1.807, 2.05) is 19.1 Å². The first-order valence-electron chi connectivity index (χ1n) is 6.34. The minimum atomic E-state index is -0.414. The van der Waals surface area contributed by atoms with Gasteiger partial charge in [0, 0.05) is 6.20 Å². The second-order valence-corrected chi connectivity index (χ2v) is 4.37. The molecule has 0 aliphatic carbocycles.